The minimum atomic E-state index is -1.01. The minimum absolute atomic E-state index is 0.110. The molecule has 114 valence electrons. The summed E-state index contributed by atoms with van der Waals surface area (Å²) in [7, 11) is 0. The van der Waals surface area contributed by atoms with Crippen molar-refractivity contribution < 1.29 is 13.6 Å². The van der Waals surface area contributed by atoms with Gasteiger partial charge in [-0.25, -0.2) is 8.78 Å². The molecule has 3 nitrogen and oxygen atoms in total. The smallest absolute Gasteiger partial charge is 0.183 e. The molecule has 2 fully saturated rings. The van der Waals surface area contributed by atoms with Gasteiger partial charge in [0.25, 0.3) is 0 Å². The first-order valence-corrected chi connectivity index (χ1v) is 7.63. The zero-order chi connectivity index (χ0) is 14.8. The van der Waals surface area contributed by atoms with Gasteiger partial charge < -0.3 is 5.32 Å². The van der Waals surface area contributed by atoms with E-state index in [4.69, 9.17) is 0 Å². The molecule has 1 aromatic carbocycles. The normalized spacial score (nSPS) is 24.4. The van der Waals surface area contributed by atoms with Crippen LogP contribution in [0.3, 0.4) is 0 Å². The molecule has 0 amide bonds. The molecule has 0 saturated carbocycles. The van der Waals surface area contributed by atoms with Crippen molar-refractivity contribution in [3.05, 3.63) is 35.4 Å². The standard InChI is InChI=1S/C16H20F2N2O/c17-13-4-1-3-12(15(13)18)16(21)14-5-2-10-20(14)11-6-8-19-9-7-11/h1,3-4,11,14,19H,2,5-10H2. The van der Waals surface area contributed by atoms with Gasteiger partial charge in [0.2, 0.25) is 0 Å². The Labute approximate surface area is 123 Å². The van der Waals surface area contributed by atoms with Gasteiger partial charge in [-0.05, 0) is 57.5 Å². The molecule has 1 atom stereocenters. The lowest BCUT2D eigenvalue weighted by Gasteiger charge is -2.35. The Hall–Kier alpha value is -1.33. The van der Waals surface area contributed by atoms with Crippen LogP contribution >= 0.6 is 0 Å². The summed E-state index contributed by atoms with van der Waals surface area (Å²) >= 11 is 0. The van der Waals surface area contributed by atoms with Gasteiger partial charge in [-0.1, -0.05) is 6.07 Å². The van der Waals surface area contributed by atoms with Crippen LogP contribution in [0.4, 0.5) is 8.78 Å². The number of nitrogens with one attached hydrogen (secondary N) is 1. The number of rotatable bonds is 3. The number of carbonyl (C=O) groups excluding carboxylic acids is 1. The monoisotopic (exact) mass is 294 g/mol. The van der Waals surface area contributed by atoms with E-state index in [1.165, 1.54) is 12.1 Å². The number of nitrogens with zero attached hydrogens (tertiary/aromatic N) is 1. The molecule has 5 heteroatoms. The van der Waals surface area contributed by atoms with E-state index in [-0.39, 0.29) is 17.4 Å². The third-order valence-corrected chi connectivity index (χ3v) is 4.59. The van der Waals surface area contributed by atoms with Gasteiger partial charge in [0.15, 0.2) is 17.4 Å². The van der Waals surface area contributed by atoms with Gasteiger partial charge in [0, 0.05) is 6.04 Å². The highest BCUT2D eigenvalue weighted by Crippen LogP contribution is 2.27. The summed E-state index contributed by atoms with van der Waals surface area (Å²) in [5.74, 6) is -2.24. The van der Waals surface area contributed by atoms with E-state index in [2.05, 4.69) is 10.2 Å². The van der Waals surface area contributed by atoms with Crippen molar-refractivity contribution in [1.82, 2.24) is 10.2 Å². The van der Waals surface area contributed by atoms with E-state index in [1.54, 1.807) is 0 Å². The first-order valence-electron chi connectivity index (χ1n) is 7.63. The molecule has 0 radical (unpaired) electrons. The maximum absolute atomic E-state index is 13.9. The zero-order valence-corrected chi connectivity index (χ0v) is 11.9. The Kier molecular flexibility index (Phi) is 4.31. The van der Waals surface area contributed by atoms with Crippen molar-refractivity contribution in [3.63, 3.8) is 0 Å². The van der Waals surface area contributed by atoms with Gasteiger partial charge in [-0.2, -0.15) is 0 Å². The van der Waals surface area contributed by atoms with Gasteiger partial charge in [0.1, 0.15) is 0 Å². The van der Waals surface area contributed by atoms with Crippen LogP contribution < -0.4 is 5.32 Å². The van der Waals surface area contributed by atoms with E-state index in [9.17, 15) is 13.6 Å². The Morgan fingerprint density at radius 1 is 1.19 bits per heavy atom. The second-order valence-corrected chi connectivity index (χ2v) is 5.84. The molecule has 1 aromatic rings. The highest BCUT2D eigenvalue weighted by molar-refractivity contribution is 6.00. The van der Waals surface area contributed by atoms with E-state index in [0.717, 1.165) is 51.4 Å². The number of piperidine rings is 1. The predicted octanol–water partition coefficient (Wildman–Crippen LogP) is 2.36. The van der Waals surface area contributed by atoms with E-state index in [0.29, 0.717) is 6.04 Å². The van der Waals surface area contributed by atoms with Crippen molar-refractivity contribution in [2.45, 2.75) is 37.8 Å². The number of hydrogen-bond acceptors (Lipinski definition) is 3. The minimum Gasteiger partial charge on any atom is -0.317 e. The lowest BCUT2D eigenvalue weighted by Crippen LogP contribution is -2.48. The molecule has 2 aliphatic heterocycles. The third-order valence-electron chi connectivity index (χ3n) is 4.59. The zero-order valence-electron chi connectivity index (χ0n) is 11.9. The fourth-order valence-electron chi connectivity index (χ4n) is 3.52. The van der Waals surface area contributed by atoms with Gasteiger partial charge in [-0.3, -0.25) is 9.69 Å². The molecular formula is C16H20F2N2O. The number of likely N-dealkylation sites (tertiary alicyclic amines) is 1. The Bertz CT molecular complexity index is 529. The second-order valence-electron chi connectivity index (χ2n) is 5.84. The Morgan fingerprint density at radius 3 is 2.71 bits per heavy atom. The highest BCUT2D eigenvalue weighted by atomic mass is 19.2. The topological polar surface area (TPSA) is 32.3 Å². The molecule has 2 aliphatic rings. The summed E-state index contributed by atoms with van der Waals surface area (Å²) in [6, 6.07) is 3.91. The average Bonchev–Trinajstić information content (AvgIpc) is 3.00. The van der Waals surface area contributed by atoms with E-state index < -0.39 is 11.6 Å². The summed E-state index contributed by atoms with van der Waals surface area (Å²) < 4.78 is 27.2. The van der Waals surface area contributed by atoms with Crippen LogP contribution in [0.25, 0.3) is 0 Å². The molecule has 2 saturated heterocycles. The molecule has 0 aliphatic carbocycles. The predicted molar refractivity (Wildman–Crippen MR) is 76.3 cm³/mol. The van der Waals surface area contributed by atoms with Crippen LogP contribution in [0.2, 0.25) is 0 Å². The van der Waals surface area contributed by atoms with E-state index >= 15 is 0 Å². The average molecular weight is 294 g/mol. The van der Waals surface area contributed by atoms with Crippen molar-refractivity contribution in [2.24, 2.45) is 0 Å². The molecule has 2 heterocycles. The fraction of sp³-hybridized carbons (Fsp3) is 0.562. The summed E-state index contributed by atoms with van der Waals surface area (Å²) in [5.41, 5.74) is -0.110. The van der Waals surface area contributed by atoms with Gasteiger partial charge >= 0.3 is 0 Å². The van der Waals surface area contributed by atoms with Crippen LogP contribution in [0.1, 0.15) is 36.0 Å². The molecule has 21 heavy (non-hydrogen) atoms. The summed E-state index contributed by atoms with van der Waals surface area (Å²) in [6.07, 6.45) is 3.70. The molecule has 0 spiro atoms. The number of ketones is 1. The van der Waals surface area contributed by atoms with Crippen molar-refractivity contribution in [1.29, 1.82) is 0 Å². The SMILES string of the molecule is O=C(c1cccc(F)c1F)C1CCCN1C1CCNCC1. The maximum Gasteiger partial charge on any atom is 0.183 e. The molecule has 1 N–H and O–H groups in total. The van der Waals surface area contributed by atoms with Crippen molar-refractivity contribution in [2.75, 3.05) is 19.6 Å². The fourth-order valence-corrected chi connectivity index (χ4v) is 3.52. The van der Waals surface area contributed by atoms with Gasteiger partial charge in [0.05, 0.1) is 11.6 Å². The number of Topliss-reactive ketones (excluding diaryl/α,β-unsaturated/α-hetero) is 1. The lowest BCUT2D eigenvalue weighted by molar-refractivity contribution is 0.0778. The van der Waals surface area contributed by atoms with Crippen LogP contribution in [0, 0.1) is 11.6 Å². The van der Waals surface area contributed by atoms with Crippen LogP contribution in [0.5, 0.6) is 0 Å². The lowest BCUT2D eigenvalue weighted by atomic mass is 9.98. The van der Waals surface area contributed by atoms with Crippen molar-refractivity contribution >= 4 is 5.78 Å². The van der Waals surface area contributed by atoms with Crippen LogP contribution in [-0.2, 0) is 0 Å². The molecule has 0 bridgehead atoms. The maximum atomic E-state index is 13.9. The second kappa shape index (κ2) is 6.20. The number of halogens is 2. The third kappa shape index (κ3) is 2.85. The van der Waals surface area contributed by atoms with Gasteiger partial charge in [-0.15, -0.1) is 0 Å². The Balaban J connectivity index is 1.81. The number of benzene rings is 1. The van der Waals surface area contributed by atoms with Crippen LogP contribution in [0.15, 0.2) is 18.2 Å². The number of carbonyl (C=O) groups is 1. The summed E-state index contributed by atoms with van der Waals surface area (Å²) in [6.45, 7) is 2.78. The molecule has 3 rings (SSSR count). The first kappa shape index (κ1) is 14.6. The molecular weight excluding hydrogens is 274 g/mol. The Morgan fingerprint density at radius 2 is 1.95 bits per heavy atom. The summed E-state index contributed by atoms with van der Waals surface area (Å²) in [5, 5.41) is 3.31. The van der Waals surface area contributed by atoms with Crippen LogP contribution in [-0.4, -0.2) is 42.4 Å². The van der Waals surface area contributed by atoms with Crippen molar-refractivity contribution in [3.8, 4) is 0 Å². The quantitative estimate of drug-likeness (QED) is 0.869. The number of hydrogen-bond donors (Lipinski definition) is 1. The first-order chi connectivity index (χ1) is 10.2. The largest absolute Gasteiger partial charge is 0.317 e. The molecule has 0 aromatic heterocycles. The van der Waals surface area contributed by atoms with E-state index in [1.807, 2.05) is 0 Å². The summed E-state index contributed by atoms with van der Waals surface area (Å²) in [4.78, 5) is 14.8. The molecule has 1 unspecified atom stereocenters. The highest BCUT2D eigenvalue weighted by Gasteiger charge is 2.37.